The smallest absolute Gasteiger partial charge is 0.747 e. The van der Waals surface area contributed by atoms with E-state index in [9.17, 15) is 21.4 Å². The van der Waals surface area contributed by atoms with E-state index in [1.807, 2.05) is 0 Å². The average molecular weight is 244 g/mol. The Kier molecular flexibility index (Phi) is 5.27. The first-order valence-corrected chi connectivity index (χ1v) is 5.73. The van der Waals surface area contributed by atoms with Gasteiger partial charge in [-0.05, 0) is 6.08 Å². The Hall–Kier alpha value is 0.0800. The maximum atomic E-state index is 10.6. The monoisotopic (exact) mass is 244 g/mol. The Morgan fingerprint density at radius 1 is 1.29 bits per heavy atom. The minimum Gasteiger partial charge on any atom is -0.747 e. The van der Waals surface area contributed by atoms with Crippen molar-refractivity contribution in [3.05, 3.63) is 24.3 Å². The molecule has 0 spiro atoms. The minimum absolute atomic E-state index is 0. The van der Waals surface area contributed by atoms with Gasteiger partial charge >= 0.3 is 29.6 Å². The molecule has 1 unspecified atom stereocenters. The van der Waals surface area contributed by atoms with Crippen LogP contribution < -0.4 is 29.6 Å². The number of hydrogen-bond acceptors (Lipinski definition) is 5. The molecule has 0 radical (unpaired) electrons. The van der Waals surface area contributed by atoms with E-state index in [-0.39, 0.29) is 29.6 Å². The summed E-state index contributed by atoms with van der Waals surface area (Å²) in [5, 5.41) is -1.59. The second kappa shape index (κ2) is 5.24. The maximum Gasteiger partial charge on any atom is 1.00 e. The van der Waals surface area contributed by atoms with Crippen LogP contribution in [0.1, 0.15) is 0 Å². The summed E-state index contributed by atoms with van der Waals surface area (Å²) in [5.41, 5.74) is 0. The van der Waals surface area contributed by atoms with Crippen molar-refractivity contribution in [3.63, 3.8) is 0 Å². The fraction of sp³-hybridized carbons (Fsp3) is 0.167. The van der Waals surface area contributed by atoms with E-state index >= 15 is 0 Å². The molecule has 0 amide bonds. The van der Waals surface area contributed by atoms with Crippen molar-refractivity contribution < 1.29 is 50.9 Å². The van der Waals surface area contributed by atoms with Crippen molar-refractivity contribution in [2.24, 2.45) is 0 Å². The van der Waals surface area contributed by atoms with Gasteiger partial charge in [-0.25, -0.2) is 8.42 Å². The molecule has 0 N–H and O–H groups in total. The van der Waals surface area contributed by atoms with Crippen molar-refractivity contribution in [2.45, 2.75) is 5.25 Å². The van der Waals surface area contributed by atoms with Gasteiger partial charge in [0.1, 0.15) is 15.4 Å². The SMILES string of the molecule is O=S(=O)=C1C=CC=CC1S(=O)(=O)[O-].[Na+]. The quantitative estimate of drug-likeness (QED) is 0.267. The van der Waals surface area contributed by atoms with E-state index in [0.717, 1.165) is 12.2 Å². The molecule has 0 aromatic carbocycles. The van der Waals surface area contributed by atoms with Crippen LogP contribution in [-0.2, 0) is 20.4 Å². The molecule has 1 aliphatic rings. The molecule has 0 saturated carbocycles. The predicted molar refractivity (Wildman–Crippen MR) is 45.7 cm³/mol. The third kappa shape index (κ3) is 3.34. The van der Waals surface area contributed by atoms with Crippen molar-refractivity contribution in [1.29, 1.82) is 0 Å². The summed E-state index contributed by atoms with van der Waals surface area (Å²) >= 11 is 0. The molecule has 72 valence electrons. The largest absolute Gasteiger partial charge is 1.00 e. The summed E-state index contributed by atoms with van der Waals surface area (Å²) in [5.74, 6) is 0. The molecule has 5 nitrogen and oxygen atoms in total. The molecule has 14 heavy (non-hydrogen) atoms. The van der Waals surface area contributed by atoms with E-state index in [1.54, 1.807) is 0 Å². The molecule has 8 heteroatoms. The summed E-state index contributed by atoms with van der Waals surface area (Å²) in [7, 11) is -7.32. The van der Waals surface area contributed by atoms with Gasteiger partial charge in [0.2, 0.25) is 10.3 Å². The predicted octanol–water partition coefficient (Wildman–Crippen LogP) is -3.92. The van der Waals surface area contributed by atoms with Crippen LogP contribution in [0.25, 0.3) is 0 Å². The van der Waals surface area contributed by atoms with Crippen molar-refractivity contribution in [2.75, 3.05) is 0 Å². The molecule has 0 fully saturated rings. The van der Waals surface area contributed by atoms with Crippen molar-refractivity contribution in [1.82, 2.24) is 0 Å². The van der Waals surface area contributed by atoms with E-state index in [1.165, 1.54) is 12.2 Å². The first kappa shape index (κ1) is 14.1. The fourth-order valence-corrected chi connectivity index (χ4v) is 2.59. The fourth-order valence-electron chi connectivity index (χ4n) is 0.894. The zero-order valence-corrected chi connectivity index (χ0v) is 10.9. The van der Waals surface area contributed by atoms with Gasteiger partial charge in [0.25, 0.3) is 0 Å². The van der Waals surface area contributed by atoms with Crippen LogP contribution in [-0.4, -0.2) is 31.5 Å². The Bertz CT molecular complexity index is 488. The van der Waals surface area contributed by atoms with Crippen LogP contribution in [0, 0.1) is 0 Å². The molecule has 1 rings (SSSR count). The Morgan fingerprint density at radius 2 is 1.86 bits per heavy atom. The van der Waals surface area contributed by atoms with Gasteiger partial charge in [-0.3, -0.25) is 0 Å². The van der Waals surface area contributed by atoms with Crippen LogP contribution in [0.2, 0.25) is 0 Å². The molecule has 0 bridgehead atoms. The van der Waals surface area contributed by atoms with Gasteiger partial charge in [-0.2, -0.15) is 8.42 Å². The molecule has 1 atom stereocenters. The van der Waals surface area contributed by atoms with Crippen LogP contribution in [0.15, 0.2) is 24.3 Å². The topological polar surface area (TPSA) is 91.3 Å². The summed E-state index contributed by atoms with van der Waals surface area (Å²) in [6.45, 7) is 0. The zero-order chi connectivity index (χ0) is 10.1. The summed E-state index contributed by atoms with van der Waals surface area (Å²) < 4.78 is 52.7. The van der Waals surface area contributed by atoms with Gasteiger partial charge in [0.05, 0.1) is 4.86 Å². The molecule has 1 aliphatic carbocycles. The summed E-state index contributed by atoms with van der Waals surface area (Å²) in [6, 6.07) is 0. The Balaban J connectivity index is 0.00000169. The summed E-state index contributed by atoms with van der Waals surface area (Å²) in [6.07, 6.45) is 4.79. The van der Waals surface area contributed by atoms with E-state index in [4.69, 9.17) is 0 Å². The molecular formula is C6H5NaO5S2. The number of hydrogen-bond donors (Lipinski definition) is 0. The van der Waals surface area contributed by atoms with Crippen molar-refractivity contribution in [3.8, 4) is 0 Å². The standard InChI is InChI=1S/C6H6O5S2.Na/c7-12(8)5-3-1-2-4-6(5)13(9,10)11;/h1-4,6H,(H,9,10,11);/q;+1/p-1. The van der Waals surface area contributed by atoms with Gasteiger partial charge in [0, 0.05) is 0 Å². The van der Waals surface area contributed by atoms with Crippen LogP contribution in [0.5, 0.6) is 0 Å². The molecule has 0 heterocycles. The van der Waals surface area contributed by atoms with Crippen LogP contribution in [0.3, 0.4) is 0 Å². The van der Waals surface area contributed by atoms with Gasteiger partial charge in [-0.1, -0.05) is 18.2 Å². The van der Waals surface area contributed by atoms with E-state index < -0.39 is 30.5 Å². The van der Waals surface area contributed by atoms with Crippen LogP contribution >= 0.6 is 0 Å². The Labute approximate surface area is 105 Å². The molecule has 0 aliphatic heterocycles. The average Bonchev–Trinajstić information content (AvgIpc) is 2.03. The van der Waals surface area contributed by atoms with Gasteiger partial charge in [0.15, 0.2) is 0 Å². The first-order valence-electron chi connectivity index (χ1n) is 3.18. The second-order valence-corrected chi connectivity index (χ2v) is 4.73. The molecule has 0 saturated heterocycles. The van der Waals surface area contributed by atoms with Crippen LogP contribution in [0.4, 0.5) is 0 Å². The molecule has 0 aromatic rings. The third-order valence-corrected chi connectivity index (χ3v) is 3.40. The first-order chi connectivity index (χ1) is 5.93. The normalized spacial score (nSPS) is 20.4. The van der Waals surface area contributed by atoms with E-state index in [2.05, 4.69) is 0 Å². The molecule has 0 aromatic heterocycles. The molecular weight excluding hydrogens is 239 g/mol. The zero-order valence-electron chi connectivity index (χ0n) is 7.24. The van der Waals surface area contributed by atoms with E-state index in [0.29, 0.717) is 0 Å². The number of allylic oxidation sites excluding steroid dienone is 3. The minimum atomic E-state index is -4.64. The van der Waals surface area contributed by atoms with Gasteiger partial charge in [-0.15, -0.1) is 0 Å². The second-order valence-electron chi connectivity index (χ2n) is 2.29. The van der Waals surface area contributed by atoms with Crippen molar-refractivity contribution >= 4 is 25.3 Å². The number of rotatable bonds is 1. The maximum absolute atomic E-state index is 10.6. The Morgan fingerprint density at radius 3 is 2.21 bits per heavy atom. The third-order valence-electron chi connectivity index (χ3n) is 1.44. The van der Waals surface area contributed by atoms with Gasteiger partial charge < -0.3 is 4.55 Å². The summed E-state index contributed by atoms with van der Waals surface area (Å²) in [4.78, 5) is -0.419.